The standard InChI is InChI=1S/C36H63O7P/c1-6-7-8-9-10-11-12-13-14-15-16-17-18-19-20-21-22-23-24-25-26-33(37)42-34(38)29-36(4,5)35-31(3)27-30(2)28-32(35)43-44(39,40)41/h27-28H,6-26,29H2,1-5H3,(H2,39,40,41). The molecule has 0 unspecified atom stereocenters. The van der Waals surface area contributed by atoms with Gasteiger partial charge in [-0.1, -0.05) is 149 Å². The smallest absolute Gasteiger partial charge is 0.404 e. The number of carbonyl (C=O) groups excluding carboxylic acids is 2. The van der Waals surface area contributed by atoms with Gasteiger partial charge in [0.2, 0.25) is 0 Å². The van der Waals surface area contributed by atoms with Crippen molar-refractivity contribution in [3.8, 4) is 5.75 Å². The second kappa shape index (κ2) is 22.8. The Morgan fingerprint density at radius 3 is 1.50 bits per heavy atom. The number of phosphoric ester groups is 1. The van der Waals surface area contributed by atoms with Crippen LogP contribution in [0.1, 0.15) is 179 Å². The lowest BCUT2D eigenvalue weighted by Crippen LogP contribution is -2.26. The second-order valence-electron chi connectivity index (χ2n) is 13.4. The molecule has 0 saturated carbocycles. The van der Waals surface area contributed by atoms with Crippen LogP contribution in [-0.4, -0.2) is 21.7 Å². The summed E-state index contributed by atoms with van der Waals surface area (Å²) in [5.41, 5.74) is 1.15. The molecule has 0 saturated heterocycles. The zero-order valence-electron chi connectivity index (χ0n) is 28.6. The highest BCUT2D eigenvalue weighted by atomic mass is 31.2. The van der Waals surface area contributed by atoms with Gasteiger partial charge in [0, 0.05) is 17.4 Å². The van der Waals surface area contributed by atoms with Crippen LogP contribution in [-0.2, 0) is 24.3 Å². The van der Waals surface area contributed by atoms with Crippen molar-refractivity contribution in [1.82, 2.24) is 0 Å². The van der Waals surface area contributed by atoms with Gasteiger partial charge in [0.05, 0.1) is 6.42 Å². The summed E-state index contributed by atoms with van der Waals surface area (Å²) in [4.78, 5) is 43.6. The number of ether oxygens (including phenoxy) is 1. The molecule has 1 rings (SSSR count). The number of carbonyl (C=O) groups is 2. The van der Waals surface area contributed by atoms with E-state index in [4.69, 9.17) is 9.26 Å². The highest BCUT2D eigenvalue weighted by Crippen LogP contribution is 2.45. The fraction of sp³-hybridized carbons (Fsp3) is 0.778. The van der Waals surface area contributed by atoms with Gasteiger partial charge in [-0.2, -0.15) is 0 Å². The molecule has 0 aliphatic heterocycles. The van der Waals surface area contributed by atoms with Gasteiger partial charge in [0.15, 0.2) is 0 Å². The third-order valence-corrected chi connectivity index (χ3v) is 8.82. The van der Waals surface area contributed by atoms with E-state index in [-0.39, 0.29) is 18.6 Å². The summed E-state index contributed by atoms with van der Waals surface area (Å²) in [5.74, 6) is -1.15. The van der Waals surface area contributed by atoms with Crippen LogP contribution in [0.4, 0.5) is 0 Å². The molecule has 0 spiro atoms. The lowest BCUT2D eigenvalue weighted by Gasteiger charge is -2.28. The highest BCUT2D eigenvalue weighted by Gasteiger charge is 2.33. The quantitative estimate of drug-likeness (QED) is 0.0449. The van der Waals surface area contributed by atoms with Crippen molar-refractivity contribution in [3.63, 3.8) is 0 Å². The number of aryl methyl sites for hydroxylation is 2. The van der Waals surface area contributed by atoms with Gasteiger partial charge in [-0.05, 0) is 37.5 Å². The van der Waals surface area contributed by atoms with Crippen LogP contribution >= 0.6 is 7.82 Å². The van der Waals surface area contributed by atoms with Crippen LogP contribution in [0, 0.1) is 13.8 Å². The molecular formula is C36H63O7P. The van der Waals surface area contributed by atoms with E-state index in [1.165, 1.54) is 109 Å². The van der Waals surface area contributed by atoms with E-state index in [2.05, 4.69) is 6.92 Å². The molecular weight excluding hydrogens is 575 g/mol. The molecule has 2 N–H and O–H groups in total. The van der Waals surface area contributed by atoms with E-state index in [1.54, 1.807) is 33.8 Å². The minimum atomic E-state index is -4.79. The van der Waals surface area contributed by atoms with Gasteiger partial charge in [0.1, 0.15) is 5.75 Å². The topological polar surface area (TPSA) is 110 Å². The van der Waals surface area contributed by atoms with E-state index in [9.17, 15) is 23.9 Å². The van der Waals surface area contributed by atoms with Crippen LogP contribution in [0.5, 0.6) is 5.75 Å². The van der Waals surface area contributed by atoms with Crippen LogP contribution in [0.15, 0.2) is 12.1 Å². The van der Waals surface area contributed by atoms with Crippen LogP contribution < -0.4 is 4.52 Å². The molecule has 8 heteroatoms. The summed E-state index contributed by atoms with van der Waals surface area (Å²) < 4.78 is 21.5. The van der Waals surface area contributed by atoms with E-state index in [0.717, 1.165) is 24.0 Å². The van der Waals surface area contributed by atoms with Crippen molar-refractivity contribution in [2.24, 2.45) is 0 Å². The molecule has 0 bridgehead atoms. The van der Waals surface area contributed by atoms with Crippen LogP contribution in [0.3, 0.4) is 0 Å². The van der Waals surface area contributed by atoms with Crippen molar-refractivity contribution in [1.29, 1.82) is 0 Å². The average molecular weight is 639 g/mol. The first-order valence-electron chi connectivity index (χ1n) is 17.5. The first-order valence-corrected chi connectivity index (χ1v) is 19.0. The van der Waals surface area contributed by atoms with Gasteiger partial charge in [-0.15, -0.1) is 0 Å². The fourth-order valence-corrected chi connectivity index (χ4v) is 6.58. The molecule has 0 aliphatic carbocycles. The SMILES string of the molecule is CCCCCCCCCCCCCCCCCCCCCCC(=O)OC(=O)CC(C)(C)c1c(C)cc(C)cc1OP(=O)(O)O. The maximum atomic E-state index is 12.6. The maximum Gasteiger partial charge on any atom is 0.524 e. The Hall–Kier alpha value is -1.69. The Balaban J connectivity index is 2.11. The van der Waals surface area contributed by atoms with Gasteiger partial charge < -0.3 is 9.26 Å². The monoisotopic (exact) mass is 638 g/mol. The summed E-state index contributed by atoms with van der Waals surface area (Å²) in [6.07, 6.45) is 25.9. The van der Waals surface area contributed by atoms with Crippen LogP contribution in [0.2, 0.25) is 0 Å². The molecule has 0 atom stereocenters. The zero-order valence-corrected chi connectivity index (χ0v) is 29.5. The number of benzene rings is 1. The molecule has 0 amide bonds. The Morgan fingerprint density at radius 2 is 1.09 bits per heavy atom. The minimum Gasteiger partial charge on any atom is -0.404 e. The number of hydrogen-bond donors (Lipinski definition) is 2. The Morgan fingerprint density at radius 1 is 0.682 bits per heavy atom. The van der Waals surface area contributed by atoms with Gasteiger partial charge in [0.25, 0.3) is 0 Å². The summed E-state index contributed by atoms with van der Waals surface area (Å²) in [5, 5.41) is 0. The molecule has 254 valence electrons. The third-order valence-electron chi connectivity index (χ3n) is 8.39. The maximum absolute atomic E-state index is 12.6. The number of rotatable bonds is 26. The summed E-state index contributed by atoms with van der Waals surface area (Å²) >= 11 is 0. The van der Waals surface area contributed by atoms with Gasteiger partial charge >= 0.3 is 19.8 Å². The van der Waals surface area contributed by atoms with Crippen molar-refractivity contribution >= 4 is 19.8 Å². The normalized spacial score (nSPS) is 12.0. The molecule has 0 fully saturated rings. The number of phosphoric acid groups is 1. The average Bonchev–Trinajstić information content (AvgIpc) is 2.90. The minimum absolute atomic E-state index is 0.0318. The van der Waals surface area contributed by atoms with Crippen molar-refractivity contribution in [2.75, 3.05) is 0 Å². The van der Waals surface area contributed by atoms with Gasteiger partial charge in [-0.25, -0.2) is 4.57 Å². The Kier molecular flexibility index (Phi) is 20.9. The Labute approximate surface area is 268 Å². The number of unbranched alkanes of at least 4 members (excludes halogenated alkanes) is 19. The van der Waals surface area contributed by atoms with Crippen LogP contribution in [0.25, 0.3) is 0 Å². The van der Waals surface area contributed by atoms with Crippen molar-refractivity contribution < 1.29 is 33.2 Å². The highest BCUT2D eigenvalue weighted by molar-refractivity contribution is 7.46. The molecule has 1 aromatic carbocycles. The first kappa shape index (κ1) is 40.3. The van der Waals surface area contributed by atoms with Crippen molar-refractivity contribution in [2.45, 2.75) is 181 Å². The first-order chi connectivity index (χ1) is 20.9. The molecule has 0 radical (unpaired) electrons. The second-order valence-corrected chi connectivity index (χ2v) is 14.6. The number of hydrogen-bond acceptors (Lipinski definition) is 5. The largest absolute Gasteiger partial charge is 0.524 e. The number of esters is 2. The molecule has 1 aromatic rings. The van der Waals surface area contributed by atoms with Crippen molar-refractivity contribution in [3.05, 3.63) is 28.8 Å². The zero-order chi connectivity index (χ0) is 32.8. The summed E-state index contributed by atoms with van der Waals surface area (Å²) in [6, 6.07) is 3.40. The lowest BCUT2D eigenvalue weighted by atomic mass is 9.78. The fourth-order valence-electron chi connectivity index (χ4n) is 6.18. The predicted molar refractivity (Wildman–Crippen MR) is 180 cm³/mol. The summed E-state index contributed by atoms with van der Waals surface area (Å²) in [7, 11) is -4.79. The molecule has 7 nitrogen and oxygen atoms in total. The van der Waals surface area contributed by atoms with E-state index in [1.807, 2.05) is 6.07 Å². The molecule has 0 aromatic heterocycles. The van der Waals surface area contributed by atoms with E-state index >= 15 is 0 Å². The van der Waals surface area contributed by atoms with E-state index in [0.29, 0.717) is 12.0 Å². The molecule has 0 heterocycles. The molecule has 0 aliphatic rings. The predicted octanol–water partition coefficient (Wildman–Crippen LogP) is 10.7. The summed E-state index contributed by atoms with van der Waals surface area (Å²) in [6.45, 7) is 9.40. The van der Waals surface area contributed by atoms with Gasteiger partial charge in [-0.3, -0.25) is 19.4 Å². The lowest BCUT2D eigenvalue weighted by molar-refractivity contribution is -0.160. The Bertz CT molecular complexity index is 998. The molecule has 44 heavy (non-hydrogen) atoms. The third kappa shape index (κ3) is 19.6. The van der Waals surface area contributed by atoms with E-state index < -0.39 is 25.2 Å².